The summed E-state index contributed by atoms with van der Waals surface area (Å²) in [5.74, 6) is -4.27. The Morgan fingerprint density at radius 2 is 1.36 bits per heavy atom. The third-order valence-corrected chi connectivity index (χ3v) is 7.63. The molecule has 0 saturated heterocycles. The molecule has 0 saturated carbocycles. The number of carbonyl (C=O) groups excluding carboxylic acids is 5. The number of rotatable bonds is 6. The molecule has 2 aliphatic carbocycles. The quantitative estimate of drug-likeness (QED) is 0.262. The first-order chi connectivity index (χ1) is 19.4. The van der Waals surface area contributed by atoms with Crippen molar-refractivity contribution in [3.8, 4) is 0 Å². The maximum atomic E-state index is 12.5. The molecular formula is C30H42O12. The monoisotopic (exact) mass is 594 g/mol. The van der Waals surface area contributed by atoms with Crippen LogP contribution in [0.1, 0.15) is 75.2 Å². The van der Waals surface area contributed by atoms with Gasteiger partial charge in [0.15, 0.2) is 11.9 Å². The van der Waals surface area contributed by atoms with Gasteiger partial charge < -0.3 is 33.9 Å². The Bertz CT molecular complexity index is 1190. The normalized spacial score (nSPS) is 30.9. The predicted octanol–water partition coefficient (Wildman–Crippen LogP) is 2.60. The van der Waals surface area contributed by atoms with Gasteiger partial charge in [-0.3, -0.25) is 24.0 Å². The van der Waals surface area contributed by atoms with Gasteiger partial charge in [0.1, 0.15) is 18.8 Å². The number of hydrogen-bond donors (Lipinski definition) is 2. The van der Waals surface area contributed by atoms with Crippen molar-refractivity contribution in [2.75, 3.05) is 6.61 Å². The fourth-order valence-electron chi connectivity index (χ4n) is 5.70. The molecule has 12 nitrogen and oxygen atoms in total. The van der Waals surface area contributed by atoms with Crippen LogP contribution in [0, 0.1) is 11.3 Å². The molecule has 0 aromatic carbocycles. The Kier molecular flexibility index (Phi) is 11.7. The highest BCUT2D eigenvalue weighted by atomic mass is 16.6. The number of aliphatic hydroxyl groups excluding tert-OH is 2. The molecule has 0 aromatic rings. The number of aliphatic hydroxyl groups is 2. The van der Waals surface area contributed by atoms with Crippen molar-refractivity contribution >= 4 is 29.8 Å². The third kappa shape index (κ3) is 8.51. The van der Waals surface area contributed by atoms with Gasteiger partial charge in [-0.2, -0.15) is 0 Å². The van der Waals surface area contributed by atoms with Crippen molar-refractivity contribution in [2.45, 2.75) is 106 Å². The van der Waals surface area contributed by atoms with Gasteiger partial charge in [0, 0.05) is 52.5 Å². The number of fused-ring (bicyclic) bond motifs is 2. The summed E-state index contributed by atoms with van der Waals surface area (Å²) in [6.07, 6.45) is -4.79. The summed E-state index contributed by atoms with van der Waals surface area (Å²) in [5.41, 5.74) is 0.172. The van der Waals surface area contributed by atoms with Crippen molar-refractivity contribution in [2.24, 2.45) is 11.3 Å². The molecule has 0 aromatic heterocycles. The first-order valence-electron chi connectivity index (χ1n) is 13.7. The summed E-state index contributed by atoms with van der Waals surface area (Å²) in [6.45, 7) is 12.3. The SMILES string of the molecule is CC(=O)OC/C1=C/C(OC(C)=O)C2CC(O)C(C)=C(C(OC(C)=O)/C(OC(C)=O)=C(/C)C(OC(C)=O)CC1O)C2(C)C. The first-order valence-corrected chi connectivity index (χ1v) is 13.7. The van der Waals surface area contributed by atoms with Crippen LogP contribution in [0.5, 0.6) is 0 Å². The van der Waals surface area contributed by atoms with E-state index in [0.717, 1.165) is 13.8 Å². The van der Waals surface area contributed by atoms with Gasteiger partial charge in [0.05, 0.1) is 12.2 Å². The summed E-state index contributed by atoms with van der Waals surface area (Å²) >= 11 is 0. The van der Waals surface area contributed by atoms with Gasteiger partial charge in [-0.05, 0) is 48.5 Å². The van der Waals surface area contributed by atoms with Crippen LogP contribution in [0.15, 0.2) is 34.1 Å². The van der Waals surface area contributed by atoms with Crippen molar-refractivity contribution < 1.29 is 57.9 Å². The molecular weight excluding hydrogens is 552 g/mol. The number of hydrogen-bond acceptors (Lipinski definition) is 12. The summed E-state index contributed by atoms with van der Waals surface area (Å²) in [5, 5.41) is 22.6. The van der Waals surface area contributed by atoms with Gasteiger partial charge in [0.2, 0.25) is 0 Å². The van der Waals surface area contributed by atoms with Crippen LogP contribution in [0.2, 0.25) is 0 Å². The fourth-order valence-corrected chi connectivity index (χ4v) is 5.70. The second-order valence-electron chi connectivity index (χ2n) is 11.3. The molecule has 0 spiro atoms. The Morgan fingerprint density at radius 3 is 1.86 bits per heavy atom. The lowest BCUT2D eigenvalue weighted by Crippen LogP contribution is -2.48. The molecule has 2 N–H and O–H groups in total. The highest BCUT2D eigenvalue weighted by Gasteiger charge is 2.50. The third-order valence-electron chi connectivity index (χ3n) is 7.63. The van der Waals surface area contributed by atoms with E-state index in [1.54, 1.807) is 20.8 Å². The molecule has 2 bridgehead atoms. The minimum atomic E-state index is -1.40. The van der Waals surface area contributed by atoms with E-state index in [9.17, 15) is 34.2 Å². The van der Waals surface area contributed by atoms with E-state index in [0.29, 0.717) is 11.1 Å². The number of ether oxygens (including phenoxy) is 5. The molecule has 42 heavy (non-hydrogen) atoms. The maximum absolute atomic E-state index is 12.5. The summed E-state index contributed by atoms with van der Waals surface area (Å²) in [6, 6.07) is 0. The van der Waals surface area contributed by atoms with Gasteiger partial charge in [-0.1, -0.05) is 13.8 Å². The van der Waals surface area contributed by atoms with E-state index in [4.69, 9.17) is 23.7 Å². The van der Waals surface area contributed by atoms with Gasteiger partial charge in [-0.15, -0.1) is 0 Å². The van der Waals surface area contributed by atoms with Crippen LogP contribution in [0.25, 0.3) is 0 Å². The first kappa shape index (κ1) is 34.7. The van der Waals surface area contributed by atoms with Gasteiger partial charge in [-0.25, -0.2) is 0 Å². The number of carbonyl (C=O) groups is 5. The molecule has 0 radical (unpaired) electrons. The van der Waals surface area contributed by atoms with E-state index in [1.165, 1.54) is 33.8 Å². The van der Waals surface area contributed by atoms with E-state index in [2.05, 4.69) is 0 Å². The molecule has 2 rings (SSSR count). The Balaban J connectivity index is 3.06. The van der Waals surface area contributed by atoms with E-state index in [1.807, 2.05) is 0 Å². The van der Waals surface area contributed by atoms with Gasteiger partial charge >= 0.3 is 29.8 Å². The molecule has 2 aliphatic rings. The predicted molar refractivity (Wildman–Crippen MR) is 147 cm³/mol. The van der Waals surface area contributed by atoms with Gasteiger partial charge in [0.25, 0.3) is 0 Å². The van der Waals surface area contributed by atoms with Crippen LogP contribution in [-0.2, 0) is 47.7 Å². The number of esters is 5. The fraction of sp³-hybridized carbons (Fsp3) is 0.633. The Hall–Kier alpha value is -3.51. The molecule has 6 atom stereocenters. The summed E-state index contributed by atoms with van der Waals surface area (Å²) in [7, 11) is 0. The smallest absolute Gasteiger partial charge is 0.307 e. The largest absolute Gasteiger partial charge is 0.461 e. The zero-order valence-electron chi connectivity index (χ0n) is 25.6. The second kappa shape index (κ2) is 14.1. The second-order valence-corrected chi connectivity index (χ2v) is 11.3. The molecule has 0 fully saturated rings. The molecule has 0 heterocycles. The van der Waals surface area contributed by atoms with Crippen LogP contribution in [0.4, 0.5) is 0 Å². The lowest BCUT2D eigenvalue weighted by molar-refractivity contribution is -0.153. The highest BCUT2D eigenvalue weighted by Crippen LogP contribution is 2.51. The topological polar surface area (TPSA) is 172 Å². The minimum Gasteiger partial charge on any atom is -0.461 e. The molecule has 0 aliphatic heterocycles. The van der Waals surface area contributed by atoms with E-state index in [-0.39, 0.29) is 36.4 Å². The van der Waals surface area contributed by atoms with Crippen LogP contribution in [0.3, 0.4) is 0 Å². The van der Waals surface area contributed by atoms with E-state index >= 15 is 0 Å². The lowest BCUT2D eigenvalue weighted by Gasteiger charge is -2.48. The van der Waals surface area contributed by atoms with Crippen molar-refractivity contribution in [1.29, 1.82) is 0 Å². The Labute approximate surface area is 245 Å². The lowest BCUT2D eigenvalue weighted by atomic mass is 9.60. The zero-order valence-corrected chi connectivity index (χ0v) is 25.6. The van der Waals surface area contributed by atoms with Crippen molar-refractivity contribution in [3.63, 3.8) is 0 Å². The molecule has 6 unspecified atom stereocenters. The average molecular weight is 595 g/mol. The van der Waals surface area contributed by atoms with Crippen LogP contribution < -0.4 is 0 Å². The van der Waals surface area contributed by atoms with E-state index < -0.39 is 71.7 Å². The maximum Gasteiger partial charge on any atom is 0.307 e. The minimum absolute atomic E-state index is 0.113. The van der Waals surface area contributed by atoms with Crippen LogP contribution in [-0.4, -0.2) is 77.2 Å². The highest BCUT2D eigenvalue weighted by molar-refractivity contribution is 5.70. The molecule has 234 valence electrons. The van der Waals surface area contributed by atoms with Crippen molar-refractivity contribution in [1.82, 2.24) is 0 Å². The Morgan fingerprint density at radius 1 is 0.786 bits per heavy atom. The summed E-state index contributed by atoms with van der Waals surface area (Å²) in [4.78, 5) is 61.0. The van der Waals surface area contributed by atoms with Crippen molar-refractivity contribution in [3.05, 3.63) is 34.1 Å². The molecule has 0 amide bonds. The average Bonchev–Trinajstić information content (AvgIpc) is 2.83. The zero-order chi connectivity index (χ0) is 32.1. The standard InChI is InChI=1S/C30H42O12/c1-14-23(36)11-22-26(40-18(5)33)10-21(13-38-16(3)31)24(37)12-25(39-17(4)32)15(2)28(41-19(6)34)29(42-20(7)35)27(14)30(22,8)9/h10,22-26,29,36-37H,11-13H2,1-9H3/b21-10-,28-15+. The summed E-state index contributed by atoms with van der Waals surface area (Å²) < 4.78 is 27.9. The molecule has 12 heteroatoms. The van der Waals surface area contributed by atoms with Crippen LogP contribution >= 0.6 is 0 Å².